The third-order valence-electron chi connectivity index (χ3n) is 4.12. The highest BCUT2D eigenvalue weighted by molar-refractivity contribution is 5.94. The molecule has 0 aliphatic rings. The van der Waals surface area contributed by atoms with E-state index >= 15 is 0 Å². The predicted octanol–water partition coefficient (Wildman–Crippen LogP) is 3.31. The number of amides is 1. The second-order valence-corrected chi connectivity index (χ2v) is 6.35. The van der Waals surface area contributed by atoms with Crippen molar-refractivity contribution in [2.45, 2.75) is 26.3 Å². The molecule has 0 aliphatic carbocycles. The Labute approximate surface area is 150 Å². The van der Waals surface area contributed by atoms with Crippen LogP contribution in [0.1, 0.15) is 35.7 Å². The van der Waals surface area contributed by atoms with E-state index in [1.54, 1.807) is 0 Å². The van der Waals surface area contributed by atoms with Gasteiger partial charge in [0.15, 0.2) is 0 Å². The van der Waals surface area contributed by atoms with Crippen LogP contribution in [0, 0.1) is 0 Å². The lowest BCUT2D eigenvalue weighted by Crippen LogP contribution is -2.23. The molecule has 0 saturated carbocycles. The fourth-order valence-corrected chi connectivity index (χ4v) is 2.69. The quantitative estimate of drug-likeness (QED) is 0.736. The van der Waals surface area contributed by atoms with E-state index in [9.17, 15) is 4.79 Å². The van der Waals surface area contributed by atoms with Gasteiger partial charge in [0.25, 0.3) is 5.91 Å². The standard InChI is InChI=1S/C21H28N2O2/c1-3-13-22-21(25)20-11-9-19(10-12-20)18-7-5-17(6-8-18)16-23(2)14-4-15-24/h5-12,24H,3-4,13-16H2,1-2H3,(H,22,25). The topological polar surface area (TPSA) is 52.6 Å². The number of nitrogens with one attached hydrogen (secondary N) is 1. The van der Waals surface area contributed by atoms with Gasteiger partial charge in [0.1, 0.15) is 0 Å². The molecule has 0 heterocycles. The van der Waals surface area contributed by atoms with Crippen molar-refractivity contribution in [1.29, 1.82) is 0 Å². The molecular weight excluding hydrogens is 312 g/mol. The summed E-state index contributed by atoms with van der Waals surface area (Å²) in [4.78, 5) is 14.1. The fraction of sp³-hybridized carbons (Fsp3) is 0.381. The van der Waals surface area contributed by atoms with Crippen LogP contribution in [0.5, 0.6) is 0 Å². The molecule has 1 amide bonds. The first-order valence-electron chi connectivity index (χ1n) is 8.91. The number of benzene rings is 2. The molecule has 2 rings (SSSR count). The van der Waals surface area contributed by atoms with E-state index in [0.717, 1.165) is 37.1 Å². The Morgan fingerprint density at radius 1 is 1.04 bits per heavy atom. The predicted molar refractivity (Wildman–Crippen MR) is 103 cm³/mol. The Hall–Kier alpha value is -2.17. The SMILES string of the molecule is CCCNC(=O)c1ccc(-c2ccc(CN(C)CCCO)cc2)cc1. The Balaban J connectivity index is 1.98. The van der Waals surface area contributed by atoms with Crippen LogP contribution in [0.2, 0.25) is 0 Å². The van der Waals surface area contributed by atoms with Crippen LogP contribution in [0.15, 0.2) is 48.5 Å². The zero-order valence-corrected chi connectivity index (χ0v) is 15.2. The average Bonchev–Trinajstić information content (AvgIpc) is 2.65. The van der Waals surface area contributed by atoms with Crippen LogP contribution in [0.4, 0.5) is 0 Å². The Morgan fingerprint density at radius 3 is 2.20 bits per heavy atom. The summed E-state index contributed by atoms with van der Waals surface area (Å²) in [5.41, 5.74) is 4.19. The van der Waals surface area contributed by atoms with E-state index in [1.165, 1.54) is 5.56 Å². The van der Waals surface area contributed by atoms with Crippen molar-refractivity contribution in [3.05, 3.63) is 59.7 Å². The van der Waals surface area contributed by atoms with Gasteiger partial charge in [0.05, 0.1) is 0 Å². The maximum Gasteiger partial charge on any atom is 0.251 e. The smallest absolute Gasteiger partial charge is 0.251 e. The first-order valence-corrected chi connectivity index (χ1v) is 8.91. The van der Waals surface area contributed by atoms with E-state index < -0.39 is 0 Å². The third-order valence-corrected chi connectivity index (χ3v) is 4.12. The summed E-state index contributed by atoms with van der Waals surface area (Å²) in [6, 6.07) is 16.2. The normalized spacial score (nSPS) is 10.9. The summed E-state index contributed by atoms with van der Waals surface area (Å²) in [7, 11) is 2.06. The van der Waals surface area contributed by atoms with E-state index in [0.29, 0.717) is 12.1 Å². The molecule has 0 aromatic heterocycles. The van der Waals surface area contributed by atoms with Crippen molar-refractivity contribution in [2.75, 3.05) is 26.7 Å². The molecule has 0 atom stereocenters. The summed E-state index contributed by atoms with van der Waals surface area (Å²) in [5.74, 6) is -0.0188. The molecule has 0 fully saturated rings. The molecule has 25 heavy (non-hydrogen) atoms. The minimum Gasteiger partial charge on any atom is -0.396 e. The molecule has 0 unspecified atom stereocenters. The zero-order valence-electron chi connectivity index (χ0n) is 15.2. The minimum atomic E-state index is -0.0188. The summed E-state index contributed by atoms with van der Waals surface area (Å²) in [6.45, 7) is 4.73. The van der Waals surface area contributed by atoms with Crippen LogP contribution in [-0.4, -0.2) is 42.7 Å². The number of nitrogens with zero attached hydrogens (tertiary/aromatic N) is 1. The first-order chi connectivity index (χ1) is 12.1. The number of aliphatic hydroxyl groups is 1. The van der Waals surface area contributed by atoms with Gasteiger partial charge in [-0.3, -0.25) is 4.79 Å². The molecule has 134 valence electrons. The average molecular weight is 340 g/mol. The lowest BCUT2D eigenvalue weighted by Gasteiger charge is -2.16. The number of carbonyl (C=O) groups excluding carboxylic acids is 1. The van der Waals surface area contributed by atoms with E-state index in [2.05, 4.69) is 41.5 Å². The minimum absolute atomic E-state index is 0.0188. The highest BCUT2D eigenvalue weighted by atomic mass is 16.3. The summed E-state index contributed by atoms with van der Waals surface area (Å²) in [5, 5.41) is 11.8. The zero-order chi connectivity index (χ0) is 18.1. The fourth-order valence-electron chi connectivity index (χ4n) is 2.69. The first kappa shape index (κ1) is 19.2. The third kappa shape index (κ3) is 6.00. The Morgan fingerprint density at radius 2 is 1.64 bits per heavy atom. The molecule has 0 spiro atoms. The molecule has 0 aliphatic heterocycles. The van der Waals surface area contributed by atoms with Crippen molar-refractivity contribution >= 4 is 5.91 Å². The number of carbonyl (C=O) groups is 1. The molecule has 0 bridgehead atoms. The van der Waals surface area contributed by atoms with Crippen LogP contribution < -0.4 is 5.32 Å². The lowest BCUT2D eigenvalue weighted by atomic mass is 10.0. The largest absolute Gasteiger partial charge is 0.396 e. The Bertz CT molecular complexity index is 651. The van der Waals surface area contributed by atoms with Gasteiger partial charge < -0.3 is 15.3 Å². The van der Waals surface area contributed by atoms with Crippen molar-refractivity contribution in [3.63, 3.8) is 0 Å². The number of hydrogen-bond acceptors (Lipinski definition) is 3. The van der Waals surface area contributed by atoms with E-state index in [-0.39, 0.29) is 12.5 Å². The Kier molecular flexibility index (Phi) is 7.64. The molecule has 2 N–H and O–H groups in total. The van der Waals surface area contributed by atoms with Gasteiger partial charge >= 0.3 is 0 Å². The van der Waals surface area contributed by atoms with E-state index in [1.807, 2.05) is 31.2 Å². The van der Waals surface area contributed by atoms with Crippen molar-refractivity contribution in [1.82, 2.24) is 10.2 Å². The second kappa shape index (κ2) is 9.97. The molecular formula is C21H28N2O2. The summed E-state index contributed by atoms with van der Waals surface area (Å²) in [6.07, 6.45) is 1.73. The second-order valence-electron chi connectivity index (χ2n) is 6.35. The van der Waals surface area contributed by atoms with Gasteiger partial charge in [-0.05, 0) is 48.7 Å². The number of aliphatic hydroxyl groups excluding tert-OH is 1. The van der Waals surface area contributed by atoms with Gasteiger partial charge in [-0.25, -0.2) is 0 Å². The van der Waals surface area contributed by atoms with Crippen LogP contribution in [-0.2, 0) is 6.54 Å². The molecule has 4 nitrogen and oxygen atoms in total. The monoisotopic (exact) mass is 340 g/mol. The van der Waals surface area contributed by atoms with Crippen molar-refractivity contribution < 1.29 is 9.90 Å². The molecule has 0 radical (unpaired) electrons. The van der Waals surface area contributed by atoms with Gasteiger partial charge in [-0.15, -0.1) is 0 Å². The van der Waals surface area contributed by atoms with Gasteiger partial charge in [-0.1, -0.05) is 43.3 Å². The van der Waals surface area contributed by atoms with Gasteiger partial charge in [0, 0.05) is 31.8 Å². The lowest BCUT2D eigenvalue weighted by molar-refractivity contribution is 0.0953. The number of hydrogen-bond donors (Lipinski definition) is 2. The van der Waals surface area contributed by atoms with Gasteiger partial charge in [0.2, 0.25) is 0 Å². The highest BCUT2D eigenvalue weighted by Crippen LogP contribution is 2.21. The summed E-state index contributed by atoms with van der Waals surface area (Å²) >= 11 is 0. The maximum absolute atomic E-state index is 11.9. The van der Waals surface area contributed by atoms with Gasteiger partial charge in [-0.2, -0.15) is 0 Å². The number of rotatable bonds is 9. The molecule has 2 aromatic carbocycles. The van der Waals surface area contributed by atoms with Crippen molar-refractivity contribution in [3.8, 4) is 11.1 Å². The van der Waals surface area contributed by atoms with Crippen LogP contribution in [0.3, 0.4) is 0 Å². The highest BCUT2D eigenvalue weighted by Gasteiger charge is 2.05. The molecule has 2 aromatic rings. The molecule has 0 saturated heterocycles. The maximum atomic E-state index is 11.9. The van der Waals surface area contributed by atoms with Crippen molar-refractivity contribution in [2.24, 2.45) is 0 Å². The van der Waals surface area contributed by atoms with E-state index in [4.69, 9.17) is 5.11 Å². The summed E-state index contributed by atoms with van der Waals surface area (Å²) < 4.78 is 0. The van der Waals surface area contributed by atoms with Crippen LogP contribution >= 0.6 is 0 Å². The van der Waals surface area contributed by atoms with Crippen LogP contribution in [0.25, 0.3) is 11.1 Å². The molecule has 4 heteroatoms.